The molecule has 3 saturated heterocycles. The van der Waals surface area contributed by atoms with E-state index in [9.17, 15) is 24.3 Å². The van der Waals surface area contributed by atoms with E-state index >= 15 is 0 Å². The number of pyridine rings is 1. The number of methoxy groups -OCH3 is 1. The van der Waals surface area contributed by atoms with Crippen LogP contribution in [0.4, 0.5) is 0 Å². The monoisotopic (exact) mass is 859 g/mol. The molecule has 0 amide bonds. The average molecular weight is 860 g/mol. The molecule has 0 aromatic carbocycles. The summed E-state index contributed by atoms with van der Waals surface area (Å²) >= 11 is 1.37. The molecule has 0 bridgehead atoms. The van der Waals surface area contributed by atoms with Crippen molar-refractivity contribution in [1.82, 2.24) is 24.6 Å². The highest BCUT2D eigenvalue weighted by Gasteiger charge is 2.61. The van der Waals surface area contributed by atoms with Crippen molar-refractivity contribution in [2.75, 3.05) is 27.0 Å². The molecule has 16 nitrogen and oxygen atoms in total. The number of hydrogen-bond donors (Lipinski definition) is 1. The van der Waals surface area contributed by atoms with Gasteiger partial charge in [0.2, 0.25) is 0 Å². The molecule has 334 valence electrons. The highest BCUT2D eigenvalue weighted by Crippen LogP contribution is 2.49. The van der Waals surface area contributed by atoms with E-state index in [-0.39, 0.29) is 30.8 Å². The van der Waals surface area contributed by atoms with Crippen molar-refractivity contribution >= 4 is 35.5 Å². The molecule has 0 unspecified atom stereocenters. The van der Waals surface area contributed by atoms with E-state index in [1.165, 1.54) is 25.8 Å². The maximum Gasteiger partial charge on any atom is 0.320 e. The number of carbonyl (C=O) groups is 4. The molecule has 0 spiro atoms. The van der Waals surface area contributed by atoms with E-state index in [0.717, 1.165) is 5.56 Å². The summed E-state index contributed by atoms with van der Waals surface area (Å²) in [6.45, 7) is 16.0. The maximum absolute atomic E-state index is 14.8. The van der Waals surface area contributed by atoms with Gasteiger partial charge in [-0.2, -0.15) is 5.10 Å². The zero-order valence-corrected chi connectivity index (χ0v) is 37.9. The molecule has 0 aliphatic carbocycles. The highest BCUT2D eigenvalue weighted by atomic mass is 32.2. The number of ether oxygens (including phenoxy) is 6. The first kappa shape index (κ1) is 47.6. The van der Waals surface area contributed by atoms with Crippen LogP contribution < -0.4 is 0 Å². The van der Waals surface area contributed by atoms with Crippen molar-refractivity contribution in [1.29, 1.82) is 0 Å². The minimum atomic E-state index is -1.37. The third-order valence-corrected chi connectivity index (χ3v) is 14.1. The number of likely N-dealkylation sites (N-methyl/N-ethyl adjacent to an activating group) is 1. The van der Waals surface area contributed by atoms with Crippen molar-refractivity contribution in [3.8, 4) is 11.4 Å². The van der Waals surface area contributed by atoms with Crippen LogP contribution in [0.1, 0.15) is 81.6 Å². The molecule has 2 aromatic rings. The molecule has 15 atom stereocenters. The van der Waals surface area contributed by atoms with E-state index in [1.807, 2.05) is 65.7 Å². The number of nitrogens with zero attached hydrogens (tertiary/aromatic N) is 5. The molecule has 5 heterocycles. The Morgan fingerprint density at radius 2 is 1.82 bits per heavy atom. The van der Waals surface area contributed by atoms with E-state index in [4.69, 9.17) is 28.4 Å². The predicted molar refractivity (Wildman–Crippen MR) is 222 cm³/mol. The van der Waals surface area contributed by atoms with Gasteiger partial charge in [0.15, 0.2) is 23.8 Å². The van der Waals surface area contributed by atoms with Gasteiger partial charge < -0.3 is 38.4 Å². The zero-order valence-electron chi connectivity index (χ0n) is 37.1. The molecule has 0 radical (unpaired) electrons. The Balaban J connectivity index is 1.49. The number of fused-ring (bicyclic) bond motifs is 1. The van der Waals surface area contributed by atoms with Crippen molar-refractivity contribution < 1.29 is 52.7 Å². The number of aryl methyl sites for hydroxylation is 1. The number of cyclic esters (lactones) is 1. The van der Waals surface area contributed by atoms with E-state index in [2.05, 4.69) is 15.1 Å². The molecule has 60 heavy (non-hydrogen) atoms. The van der Waals surface area contributed by atoms with Gasteiger partial charge in [0.25, 0.3) is 0 Å². The Labute approximate surface area is 358 Å². The number of esters is 3. The van der Waals surface area contributed by atoms with Gasteiger partial charge in [-0.15, -0.1) is 11.8 Å². The first-order valence-electron chi connectivity index (χ1n) is 21.0. The van der Waals surface area contributed by atoms with E-state index in [0.29, 0.717) is 24.5 Å². The quantitative estimate of drug-likeness (QED) is 0.248. The van der Waals surface area contributed by atoms with Crippen LogP contribution in [0.3, 0.4) is 0 Å². The Bertz CT molecular complexity index is 1800. The lowest BCUT2D eigenvalue weighted by molar-refractivity contribution is -0.303. The summed E-state index contributed by atoms with van der Waals surface area (Å²) in [5, 5.41) is 15.8. The van der Waals surface area contributed by atoms with Gasteiger partial charge in [0.05, 0.1) is 42.4 Å². The predicted octanol–water partition coefficient (Wildman–Crippen LogP) is 4.36. The van der Waals surface area contributed by atoms with Crippen molar-refractivity contribution in [3.63, 3.8) is 0 Å². The largest absolute Gasteiger partial charge is 0.458 e. The number of aliphatic hydroxyl groups is 1. The Morgan fingerprint density at radius 3 is 2.43 bits per heavy atom. The number of hydrogen-bond acceptors (Lipinski definition) is 16. The lowest BCUT2D eigenvalue weighted by atomic mass is 9.70. The number of carbonyl (C=O) groups excluding carboxylic acids is 4. The van der Waals surface area contributed by atoms with Crippen molar-refractivity contribution in [2.24, 2.45) is 29.6 Å². The molecule has 17 heteroatoms. The molecule has 1 N–H and O–H groups in total. The van der Waals surface area contributed by atoms with Gasteiger partial charge in [-0.1, -0.05) is 27.7 Å². The van der Waals surface area contributed by atoms with Crippen LogP contribution in [0.25, 0.3) is 11.4 Å². The van der Waals surface area contributed by atoms with E-state index in [1.54, 1.807) is 44.2 Å². The maximum atomic E-state index is 14.8. The second-order valence-electron chi connectivity index (χ2n) is 17.5. The zero-order chi connectivity index (χ0) is 44.3. The Hall–Kier alpha value is -3.48. The van der Waals surface area contributed by atoms with Crippen molar-refractivity contribution in [3.05, 3.63) is 30.9 Å². The summed E-state index contributed by atoms with van der Waals surface area (Å²) in [7, 11) is 5.30. The number of aliphatic hydroxyl groups excluding tert-OH is 1. The molecular weight excluding hydrogens is 795 g/mol. The van der Waals surface area contributed by atoms with Crippen LogP contribution in [-0.2, 0) is 54.1 Å². The first-order chi connectivity index (χ1) is 28.3. The minimum Gasteiger partial charge on any atom is -0.458 e. The number of rotatable bonds is 11. The van der Waals surface area contributed by atoms with Gasteiger partial charge in [0.1, 0.15) is 23.5 Å². The second-order valence-corrected chi connectivity index (χ2v) is 18.7. The fourth-order valence-electron chi connectivity index (χ4n) is 9.51. The second kappa shape index (κ2) is 19.7. The summed E-state index contributed by atoms with van der Waals surface area (Å²) in [5.74, 6) is -4.78. The van der Waals surface area contributed by atoms with Gasteiger partial charge in [-0.05, 0) is 73.2 Å². The first-order valence-corrected chi connectivity index (χ1v) is 22.1. The summed E-state index contributed by atoms with van der Waals surface area (Å²) < 4.78 is 39.4. The molecule has 2 aromatic heterocycles. The van der Waals surface area contributed by atoms with Gasteiger partial charge in [-0.25, -0.2) is 4.98 Å². The number of ketones is 1. The van der Waals surface area contributed by atoms with Gasteiger partial charge in [-0.3, -0.25) is 28.8 Å². The molecule has 5 rings (SSSR count). The lowest BCUT2D eigenvalue weighted by Gasteiger charge is -2.48. The smallest absolute Gasteiger partial charge is 0.320 e. The van der Waals surface area contributed by atoms with Crippen LogP contribution in [0.2, 0.25) is 0 Å². The molecule has 0 saturated carbocycles. The topological polar surface area (TPSA) is 191 Å². The fourth-order valence-corrected chi connectivity index (χ4v) is 11.0. The molecule has 3 aliphatic heterocycles. The van der Waals surface area contributed by atoms with Crippen molar-refractivity contribution in [2.45, 2.75) is 147 Å². The van der Waals surface area contributed by atoms with Crippen LogP contribution in [0, 0.1) is 29.6 Å². The van der Waals surface area contributed by atoms with Crippen LogP contribution in [-0.4, -0.2) is 140 Å². The molecule has 3 aliphatic rings. The minimum absolute atomic E-state index is 0.137. The van der Waals surface area contributed by atoms with Gasteiger partial charge >= 0.3 is 17.9 Å². The van der Waals surface area contributed by atoms with Crippen LogP contribution >= 0.6 is 11.8 Å². The Morgan fingerprint density at radius 1 is 1.10 bits per heavy atom. The average Bonchev–Trinajstić information content (AvgIpc) is 3.79. The summed E-state index contributed by atoms with van der Waals surface area (Å²) in [6, 6.07) is 3.43. The summed E-state index contributed by atoms with van der Waals surface area (Å²) in [4.78, 5) is 65.9. The van der Waals surface area contributed by atoms with Gasteiger partial charge in [0, 0.05) is 61.4 Å². The van der Waals surface area contributed by atoms with E-state index < -0.39 is 94.7 Å². The number of Topliss-reactive ketones (excluding diaryl/α,β-unsaturated/α-hetero) is 1. The Kier molecular flexibility index (Phi) is 15.6. The van der Waals surface area contributed by atoms with Crippen LogP contribution in [0.15, 0.2) is 30.9 Å². The third kappa shape index (κ3) is 10.1. The summed E-state index contributed by atoms with van der Waals surface area (Å²) in [5.41, 5.74) is -1.84. The standard InChI is InChI=1S/C43H65N5O11S/c1-13-31-43(9)32(36(40(53)59-43)60-18-17-48-22-45-38(46-48)29-15-14-16-44-21-29)25(4)33(50)23(2)20-42(8,54-12)37(26(5)34(51)27(6)39(52)57-31)58-41-35(56-28(7)49)30(47(10)11)19-24(3)55-41/h14-16,21-27,30-32,34-37,41,51H,13,17-20H2,1-12H3/t23-,24-,25-,26+,27-,30+,31-,32+,34+,35-,36+,37-,41+,42-,43-/m1/s1. The normalized spacial score (nSPS) is 38.2. The third-order valence-electron chi connectivity index (χ3n) is 12.9. The van der Waals surface area contributed by atoms with Crippen LogP contribution in [0.5, 0.6) is 0 Å². The lowest BCUT2D eigenvalue weighted by Crippen LogP contribution is -2.60. The summed E-state index contributed by atoms with van der Waals surface area (Å²) in [6.07, 6.45) is 0.553. The SMILES string of the molecule is CC[C@H]1OC(=O)[C@H](C)[C@@H](O)[C@H](C)[C@@H](O[C@@H]2O[C@H](C)C[C@H](N(C)C)[C@H]2OC(C)=O)[C@](C)(OC)C[C@@H](C)C(=O)[C@H](C)[C@H]2[C@H](SCCn3cnc(-c4cccnc4)n3)C(=O)O[C@@]21C. The highest BCUT2D eigenvalue weighted by molar-refractivity contribution is 8.00. The molecule has 3 fully saturated rings. The fraction of sp³-hybridized carbons (Fsp3) is 0.744. The number of thioether (sulfide) groups is 1. The number of aromatic nitrogens is 4. The molecular formula is C43H65N5O11S.